The summed E-state index contributed by atoms with van der Waals surface area (Å²) in [6.45, 7) is 0.242. The Morgan fingerprint density at radius 1 is 0.868 bits per heavy atom. The highest BCUT2D eigenvalue weighted by atomic mass is 35.5. The second-order valence-electron chi connectivity index (χ2n) is 8.81. The van der Waals surface area contributed by atoms with Crippen LogP contribution < -0.4 is 9.64 Å². The molecule has 5 nitrogen and oxygen atoms in total. The van der Waals surface area contributed by atoms with E-state index < -0.39 is 23.8 Å². The number of hydrogen-bond acceptors (Lipinski definition) is 4. The number of halogens is 3. The first-order valence-corrected chi connectivity index (χ1v) is 12.4. The number of anilines is 1. The Labute approximate surface area is 224 Å². The number of morpholine rings is 1. The first-order valence-electron chi connectivity index (χ1n) is 12.0. The van der Waals surface area contributed by atoms with Gasteiger partial charge in [-0.05, 0) is 71.8 Å². The molecule has 8 heteroatoms. The lowest BCUT2D eigenvalue weighted by molar-refractivity contribution is -0.136. The number of carbonyl (C=O) groups excluding carboxylic acids is 1. The third-order valence-corrected chi connectivity index (χ3v) is 6.36. The number of amides is 1. The van der Waals surface area contributed by atoms with Crippen molar-refractivity contribution in [2.45, 2.75) is 18.8 Å². The van der Waals surface area contributed by atoms with Gasteiger partial charge in [0.15, 0.2) is 0 Å². The molecule has 0 aliphatic carbocycles. The maximum absolute atomic E-state index is 14.3. The molecule has 0 radical (unpaired) electrons. The standard InChI is InChI=1S/C30H24ClF2NO4/c31-22-6-10-26(11-7-22)38-27-12-8-25(9-13-27)34-29(35)19-37-28(18-36-17-20-4-2-1-3-5-20)30(34)21-14-23(32)16-24(33)15-21/h1-16,28,30H,17-19H2. The third kappa shape index (κ3) is 6.19. The summed E-state index contributed by atoms with van der Waals surface area (Å²) in [4.78, 5) is 14.6. The Morgan fingerprint density at radius 3 is 2.16 bits per heavy atom. The van der Waals surface area contributed by atoms with Crippen molar-refractivity contribution >= 4 is 23.2 Å². The average molecular weight is 536 g/mol. The molecule has 2 atom stereocenters. The second kappa shape index (κ2) is 11.7. The molecule has 4 aromatic carbocycles. The van der Waals surface area contributed by atoms with Crippen molar-refractivity contribution < 1.29 is 27.8 Å². The Bertz CT molecular complexity index is 1360. The summed E-state index contributed by atoms with van der Waals surface area (Å²) in [5, 5.41) is 0.598. The van der Waals surface area contributed by atoms with Gasteiger partial charge < -0.3 is 19.1 Å². The quantitative estimate of drug-likeness (QED) is 0.241. The Hall–Kier alpha value is -3.78. The maximum atomic E-state index is 14.3. The van der Waals surface area contributed by atoms with Gasteiger partial charge in [-0.1, -0.05) is 41.9 Å². The van der Waals surface area contributed by atoms with Crippen LogP contribution in [0.5, 0.6) is 11.5 Å². The van der Waals surface area contributed by atoms with Crippen molar-refractivity contribution in [3.8, 4) is 11.5 Å². The van der Waals surface area contributed by atoms with Crippen molar-refractivity contribution in [2.24, 2.45) is 0 Å². The molecule has 1 amide bonds. The predicted molar refractivity (Wildman–Crippen MR) is 140 cm³/mol. The fourth-order valence-electron chi connectivity index (χ4n) is 4.39. The van der Waals surface area contributed by atoms with Crippen LogP contribution in [0.25, 0.3) is 0 Å². The largest absolute Gasteiger partial charge is 0.457 e. The zero-order valence-corrected chi connectivity index (χ0v) is 21.0. The van der Waals surface area contributed by atoms with E-state index in [1.54, 1.807) is 48.5 Å². The van der Waals surface area contributed by atoms with Crippen LogP contribution >= 0.6 is 11.6 Å². The molecule has 38 heavy (non-hydrogen) atoms. The topological polar surface area (TPSA) is 48.0 Å². The predicted octanol–water partition coefficient (Wildman–Crippen LogP) is 7.10. The van der Waals surface area contributed by atoms with Gasteiger partial charge in [0, 0.05) is 16.8 Å². The number of rotatable bonds is 8. The van der Waals surface area contributed by atoms with E-state index in [-0.39, 0.29) is 24.7 Å². The van der Waals surface area contributed by atoms with Gasteiger partial charge in [0.25, 0.3) is 5.91 Å². The third-order valence-electron chi connectivity index (χ3n) is 6.10. The molecular formula is C30H24ClF2NO4. The van der Waals surface area contributed by atoms with Crippen LogP contribution in [0.3, 0.4) is 0 Å². The molecule has 2 unspecified atom stereocenters. The molecule has 1 aliphatic heterocycles. The average Bonchev–Trinajstić information content (AvgIpc) is 2.91. The minimum absolute atomic E-state index is 0.110. The SMILES string of the molecule is O=C1COC(COCc2ccccc2)C(c2cc(F)cc(F)c2)N1c1ccc(Oc2ccc(Cl)cc2)cc1. The lowest BCUT2D eigenvalue weighted by Crippen LogP contribution is -2.51. The monoisotopic (exact) mass is 535 g/mol. The van der Waals surface area contributed by atoms with E-state index in [1.165, 1.54) is 17.0 Å². The highest BCUT2D eigenvalue weighted by molar-refractivity contribution is 6.30. The van der Waals surface area contributed by atoms with Crippen LogP contribution in [-0.2, 0) is 20.9 Å². The van der Waals surface area contributed by atoms with E-state index in [9.17, 15) is 13.6 Å². The molecule has 0 spiro atoms. The van der Waals surface area contributed by atoms with Crippen molar-refractivity contribution in [3.05, 3.63) is 125 Å². The molecule has 0 N–H and O–H groups in total. The van der Waals surface area contributed by atoms with Crippen LogP contribution in [0, 0.1) is 11.6 Å². The van der Waals surface area contributed by atoms with Crippen molar-refractivity contribution in [1.29, 1.82) is 0 Å². The van der Waals surface area contributed by atoms with Crippen LogP contribution in [0.4, 0.5) is 14.5 Å². The van der Waals surface area contributed by atoms with E-state index >= 15 is 0 Å². The van der Waals surface area contributed by atoms with E-state index in [4.69, 9.17) is 25.8 Å². The van der Waals surface area contributed by atoms with Crippen molar-refractivity contribution in [2.75, 3.05) is 18.1 Å². The highest BCUT2D eigenvalue weighted by Crippen LogP contribution is 2.36. The zero-order chi connectivity index (χ0) is 26.5. The van der Waals surface area contributed by atoms with Gasteiger partial charge in [0.05, 0.1) is 19.3 Å². The minimum atomic E-state index is -0.819. The number of ether oxygens (including phenoxy) is 3. The summed E-state index contributed by atoms with van der Waals surface area (Å²) in [5.74, 6) is -0.672. The van der Waals surface area contributed by atoms with Crippen molar-refractivity contribution in [1.82, 2.24) is 0 Å². The van der Waals surface area contributed by atoms with E-state index in [1.807, 2.05) is 30.3 Å². The molecule has 1 saturated heterocycles. The fourth-order valence-corrected chi connectivity index (χ4v) is 4.52. The summed E-state index contributed by atoms with van der Waals surface area (Å²) in [7, 11) is 0. The summed E-state index contributed by atoms with van der Waals surface area (Å²) in [6, 6.07) is 25.8. The van der Waals surface area contributed by atoms with Crippen LogP contribution in [-0.4, -0.2) is 25.2 Å². The normalized spacial score (nSPS) is 17.4. The zero-order valence-electron chi connectivity index (χ0n) is 20.2. The molecule has 0 saturated carbocycles. The van der Waals surface area contributed by atoms with E-state index in [0.717, 1.165) is 11.6 Å². The van der Waals surface area contributed by atoms with Gasteiger partial charge in [-0.15, -0.1) is 0 Å². The lowest BCUT2D eigenvalue weighted by Gasteiger charge is -2.41. The lowest BCUT2D eigenvalue weighted by atomic mass is 9.97. The smallest absolute Gasteiger partial charge is 0.253 e. The molecule has 0 bridgehead atoms. The summed E-state index contributed by atoms with van der Waals surface area (Å²) in [6.07, 6.45) is -0.664. The first kappa shape index (κ1) is 25.9. The molecule has 194 valence electrons. The fraction of sp³-hybridized carbons (Fsp3) is 0.167. The molecule has 1 heterocycles. The molecule has 1 aliphatic rings. The Morgan fingerprint density at radius 2 is 1.50 bits per heavy atom. The van der Waals surface area contributed by atoms with Gasteiger partial charge in [-0.3, -0.25) is 4.79 Å². The number of benzene rings is 4. The summed E-state index contributed by atoms with van der Waals surface area (Å²) >= 11 is 5.93. The second-order valence-corrected chi connectivity index (χ2v) is 9.25. The van der Waals surface area contributed by atoms with E-state index in [0.29, 0.717) is 28.8 Å². The molecule has 5 rings (SSSR count). The maximum Gasteiger partial charge on any atom is 0.253 e. The summed E-state index contributed by atoms with van der Waals surface area (Å²) < 4.78 is 46.1. The highest BCUT2D eigenvalue weighted by Gasteiger charge is 2.39. The van der Waals surface area contributed by atoms with Crippen LogP contribution in [0.15, 0.2) is 97.1 Å². The van der Waals surface area contributed by atoms with Gasteiger partial charge in [-0.2, -0.15) is 0 Å². The molecule has 0 aromatic heterocycles. The molecule has 1 fully saturated rings. The first-order chi connectivity index (χ1) is 18.5. The summed E-state index contributed by atoms with van der Waals surface area (Å²) in [5.41, 5.74) is 1.77. The van der Waals surface area contributed by atoms with Gasteiger partial charge in [-0.25, -0.2) is 8.78 Å². The van der Waals surface area contributed by atoms with Crippen molar-refractivity contribution in [3.63, 3.8) is 0 Å². The van der Waals surface area contributed by atoms with Crippen LogP contribution in [0.1, 0.15) is 17.2 Å². The number of nitrogens with zero attached hydrogens (tertiary/aromatic N) is 1. The van der Waals surface area contributed by atoms with E-state index in [2.05, 4.69) is 0 Å². The molecule has 4 aromatic rings. The van der Waals surface area contributed by atoms with Crippen LogP contribution in [0.2, 0.25) is 5.02 Å². The Balaban J connectivity index is 1.41. The number of hydrogen-bond donors (Lipinski definition) is 0. The minimum Gasteiger partial charge on any atom is -0.457 e. The van der Waals surface area contributed by atoms with Gasteiger partial charge >= 0.3 is 0 Å². The number of carbonyl (C=O) groups is 1. The van der Waals surface area contributed by atoms with Gasteiger partial charge in [0.1, 0.15) is 35.8 Å². The Kier molecular flexibility index (Phi) is 7.98. The van der Waals surface area contributed by atoms with Gasteiger partial charge in [0.2, 0.25) is 0 Å². The molecular weight excluding hydrogens is 512 g/mol.